The third kappa shape index (κ3) is 3.70. The molecule has 3 aliphatic heterocycles. The van der Waals surface area contributed by atoms with E-state index >= 15 is 0 Å². The molecule has 5 rings (SSSR count). The minimum Gasteiger partial charge on any atom is -0.497 e. The standard InChI is InChI=1S/C25H33NO2.H2/c1-18(2)20-7-9-22(10-8-20)25(27,16-19-5-4-6-23(15-19)28-3)24-17-26-13-11-21(24)12-14-26;/h4-10,15,18,21,24,27H,11-14,16-17H2,1-3H3;1H. The highest BCUT2D eigenvalue weighted by molar-refractivity contribution is 5.35. The van der Waals surface area contributed by atoms with Gasteiger partial charge in [-0.2, -0.15) is 0 Å². The number of fused-ring (bicyclic) bond motifs is 3. The van der Waals surface area contributed by atoms with Crippen LogP contribution >= 0.6 is 0 Å². The van der Waals surface area contributed by atoms with E-state index in [0.29, 0.717) is 18.3 Å². The summed E-state index contributed by atoms with van der Waals surface area (Å²) in [5.74, 6) is 2.22. The van der Waals surface area contributed by atoms with Crippen molar-refractivity contribution in [1.29, 1.82) is 0 Å². The number of benzene rings is 2. The van der Waals surface area contributed by atoms with Gasteiger partial charge in [0, 0.05) is 20.3 Å². The molecule has 0 aliphatic carbocycles. The first kappa shape index (κ1) is 19.5. The van der Waals surface area contributed by atoms with Gasteiger partial charge in [-0.3, -0.25) is 0 Å². The van der Waals surface area contributed by atoms with Gasteiger partial charge >= 0.3 is 0 Å². The molecule has 3 heteroatoms. The molecule has 3 heterocycles. The number of aliphatic hydroxyl groups is 1. The number of nitrogens with zero attached hydrogens (tertiary/aromatic N) is 1. The summed E-state index contributed by atoms with van der Waals surface area (Å²) >= 11 is 0. The highest BCUT2D eigenvalue weighted by Gasteiger charge is 2.47. The van der Waals surface area contributed by atoms with Gasteiger partial charge in [-0.05, 0) is 66.6 Å². The summed E-state index contributed by atoms with van der Waals surface area (Å²) in [7, 11) is 1.70. The SMILES string of the molecule is COc1cccc(CC(O)(c2ccc(C(C)C)cc2)C2CN3CCC2CC3)c1.[HH]. The molecular weight excluding hydrogens is 346 g/mol. The molecule has 0 radical (unpaired) electrons. The molecule has 1 N–H and O–H groups in total. The van der Waals surface area contributed by atoms with Gasteiger partial charge in [0.15, 0.2) is 0 Å². The normalized spacial score (nSPS) is 26.2. The number of piperidine rings is 3. The van der Waals surface area contributed by atoms with Crippen molar-refractivity contribution in [3.05, 3.63) is 65.2 Å². The maximum atomic E-state index is 12.2. The van der Waals surface area contributed by atoms with Gasteiger partial charge in [0.2, 0.25) is 0 Å². The Kier molecular flexibility index (Phi) is 5.48. The topological polar surface area (TPSA) is 32.7 Å². The Labute approximate surface area is 170 Å². The molecule has 2 atom stereocenters. The van der Waals surface area contributed by atoms with E-state index in [9.17, 15) is 5.11 Å². The summed E-state index contributed by atoms with van der Waals surface area (Å²) in [4.78, 5) is 2.53. The van der Waals surface area contributed by atoms with Crippen LogP contribution in [0.2, 0.25) is 0 Å². The molecule has 152 valence electrons. The van der Waals surface area contributed by atoms with Crippen molar-refractivity contribution in [2.24, 2.45) is 11.8 Å². The Morgan fingerprint density at radius 3 is 2.43 bits per heavy atom. The van der Waals surface area contributed by atoms with Gasteiger partial charge in [-0.25, -0.2) is 0 Å². The molecule has 2 aromatic rings. The summed E-state index contributed by atoms with van der Waals surface area (Å²) in [5.41, 5.74) is 2.65. The van der Waals surface area contributed by atoms with Crippen LogP contribution in [-0.4, -0.2) is 36.8 Å². The number of hydrogen-bond donors (Lipinski definition) is 1. The molecule has 2 bridgehead atoms. The summed E-state index contributed by atoms with van der Waals surface area (Å²) in [5, 5.41) is 12.2. The summed E-state index contributed by atoms with van der Waals surface area (Å²) < 4.78 is 5.42. The summed E-state index contributed by atoms with van der Waals surface area (Å²) in [6.45, 7) is 7.79. The fourth-order valence-corrected chi connectivity index (χ4v) is 5.20. The second kappa shape index (κ2) is 7.88. The first-order chi connectivity index (χ1) is 13.5. The maximum absolute atomic E-state index is 12.2. The predicted octanol–water partition coefficient (Wildman–Crippen LogP) is 4.84. The van der Waals surface area contributed by atoms with Crippen LogP contribution in [0.4, 0.5) is 0 Å². The fourth-order valence-electron chi connectivity index (χ4n) is 5.20. The first-order valence-electron chi connectivity index (χ1n) is 10.7. The van der Waals surface area contributed by atoms with Gasteiger partial charge in [0.05, 0.1) is 12.7 Å². The molecule has 2 aromatic carbocycles. The predicted molar refractivity (Wildman–Crippen MR) is 116 cm³/mol. The molecule has 3 saturated heterocycles. The van der Waals surface area contributed by atoms with E-state index < -0.39 is 5.60 Å². The van der Waals surface area contributed by atoms with Crippen LogP contribution in [0.15, 0.2) is 48.5 Å². The zero-order valence-electron chi connectivity index (χ0n) is 17.4. The molecule has 0 spiro atoms. The van der Waals surface area contributed by atoms with E-state index in [0.717, 1.165) is 23.4 Å². The molecule has 28 heavy (non-hydrogen) atoms. The van der Waals surface area contributed by atoms with Gasteiger partial charge in [0.1, 0.15) is 5.75 Å². The Morgan fingerprint density at radius 1 is 1.14 bits per heavy atom. The van der Waals surface area contributed by atoms with Crippen LogP contribution in [0.25, 0.3) is 0 Å². The maximum Gasteiger partial charge on any atom is 0.119 e. The Morgan fingerprint density at radius 2 is 1.86 bits per heavy atom. The zero-order chi connectivity index (χ0) is 19.7. The highest BCUT2D eigenvalue weighted by Crippen LogP contribution is 2.45. The zero-order valence-corrected chi connectivity index (χ0v) is 17.4. The molecule has 0 saturated carbocycles. The number of hydrogen-bond acceptors (Lipinski definition) is 3. The smallest absolute Gasteiger partial charge is 0.119 e. The van der Waals surface area contributed by atoms with Gasteiger partial charge in [-0.1, -0.05) is 50.2 Å². The average Bonchev–Trinajstić information content (AvgIpc) is 2.74. The lowest BCUT2D eigenvalue weighted by atomic mass is 9.66. The van der Waals surface area contributed by atoms with Gasteiger partial charge in [-0.15, -0.1) is 0 Å². The third-order valence-electron chi connectivity index (χ3n) is 6.95. The quantitative estimate of drug-likeness (QED) is 0.777. The number of methoxy groups -OCH3 is 1. The van der Waals surface area contributed by atoms with Crippen LogP contribution in [0.3, 0.4) is 0 Å². The molecule has 3 aliphatic rings. The third-order valence-corrected chi connectivity index (χ3v) is 6.95. The molecular formula is C25H35NO2. The van der Waals surface area contributed by atoms with E-state index in [2.05, 4.69) is 55.1 Å². The monoisotopic (exact) mass is 381 g/mol. The largest absolute Gasteiger partial charge is 0.497 e. The van der Waals surface area contributed by atoms with E-state index in [-0.39, 0.29) is 7.34 Å². The molecule has 3 nitrogen and oxygen atoms in total. The van der Waals surface area contributed by atoms with Crippen molar-refractivity contribution in [2.75, 3.05) is 26.7 Å². The van der Waals surface area contributed by atoms with Crippen molar-refractivity contribution in [3.63, 3.8) is 0 Å². The molecule has 2 unspecified atom stereocenters. The van der Waals surface area contributed by atoms with Crippen LogP contribution < -0.4 is 4.74 Å². The lowest BCUT2D eigenvalue weighted by Gasteiger charge is -2.51. The van der Waals surface area contributed by atoms with E-state index in [1.807, 2.05) is 12.1 Å². The van der Waals surface area contributed by atoms with Crippen LogP contribution in [0, 0.1) is 11.8 Å². The van der Waals surface area contributed by atoms with Gasteiger partial charge in [0.25, 0.3) is 0 Å². The Bertz CT molecular complexity index is 799. The van der Waals surface area contributed by atoms with E-state index in [1.54, 1.807) is 7.11 Å². The first-order valence-corrected chi connectivity index (χ1v) is 10.7. The molecule has 3 fully saturated rings. The highest BCUT2D eigenvalue weighted by atomic mass is 16.5. The Balaban J connectivity index is 0.00000240. The number of rotatable bonds is 6. The number of ether oxygens (including phenoxy) is 1. The summed E-state index contributed by atoms with van der Waals surface area (Å²) in [6.07, 6.45) is 3.03. The van der Waals surface area contributed by atoms with E-state index in [4.69, 9.17) is 4.74 Å². The average molecular weight is 382 g/mol. The second-order valence-electron chi connectivity index (χ2n) is 8.97. The fraction of sp³-hybridized carbons (Fsp3) is 0.520. The lowest BCUT2D eigenvalue weighted by molar-refractivity contribution is -0.101. The van der Waals surface area contributed by atoms with Crippen molar-refractivity contribution < 1.29 is 11.3 Å². The van der Waals surface area contributed by atoms with Crippen molar-refractivity contribution in [3.8, 4) is 5.75 Å². The lowest BCUT2D eigenvalue weighted by Crippen LogP contribution is -2.55. The summed E-state index contributed by atoms with van der Waals surface area (Å²) in [6, 6.07) is 16.9. The van der Waals surface area contributed by atoms with Crippen molar-refractivity contribution >= 4 is 0 Å². The van der Waals surface area contributed by atoms with Crippen LogP contribution in [0.5, 0.6) is 5.75 Å². The van der Waals surface area contributed by atoms with Crippen LogP contribution in [-0.2, 0) is 12.0 Å². The Hall–Kier alpha value is -1.84. The van der Waals surface area contributed by atoms with Gasteiger partial charge < -0.3 is 14.7 Å². The molecule has 0 amide bonds. The van der Waals surface area contributed by atoms with Crippen LogP contribution in [0.1, 0.15) is 50.7 Å². The van der Waals surface area contributed by atoms with E-state index in [1.165, 1.54) is 31.5 Å². The van der Waals surface area contributed by atoms with Crippen molar-refractivity contribution in [2.45, 2.75) is 44.6 Å². The molecule has 0 aromatic heterocycles. The minimum absolute atomic E-state index is 0. The van der Waals surface area contributed by atoms with Crippen molar-refractivity contribution in [1.82, 2.24) is 4.90 Å². The second-order valence-corrected chi connectivity index (χ2v) is 8.97. The minimum atomic E-state index is -0.856.